The molecule has 5 atom stereocenters. The molecule has 4 rings (SSSR count). The lowest BCUT2D eigenvalue weighted by atomic mass is 10.0. The Morgan fingerprint density at radius 3 is 2.86 bits per heavy atom. The molecule has 0 radical (unpaired) electrons. The van der Waals surface area contributed by atoms with Gasteiger partial charge in [0.25, 0.3) is 0 Å². The van der Waals surface area contributed by atoms with Crippen molar-refractivity contribution in [3.63, 3.8) is 0 Å². The molecular weight excluding hydrogens is 286 g/mol. The fourth-order valence-electron chi connectivity index (χ4n) is 3.98. The van der Waals surface area contributed by atoms with Gasteiger partial charge in [0.15, 0.2) is 0 Å². The van der Waals surface area contributed by atoms with Gasteiger partial charge in [-0.3, -0.25) is 9.69 Å². The number of hydrogen-bond acceptors (Lipinski definition) is 5. The van der Waals surface area contributed by atoms with Gasteiger partial charge in [-0.2, -0.15) is 0 Å². The Kier molecular flexibility index (Phi) is 3.44. The van der Waals surface area contributed by atoms with Crippen LogP contribution in [0.5, 0.6) is 0 Å². The number of cyclic esters (lactones) is 1. The van der Waals surface area contributed by atoms with Gasteiger partial charge in [-0.15, -0.1) is 11.8 Å². The second-order valence-corrected chi connectivity index (χ2v) is 7.07. The second kappa shape index (κ2) is 5.30. The Labute approximate surface area is 128 Å². The molecule has 1 aromatic rings. The molecule has 0 unspecified atom stereocenters. The number of carbonyl (C=O) groups is 1. The van der Waals surface area contributed by atoms with Crippen molar-refractivity contribution in [2.75, 3.05) is 19.5 Å². The van der Waals surface area contributed by atoms with Crippen molar-refractivity contribution in [3.8, 4) is 0 Å². The van der Waals surface area contributed by atoms with Gasteiger partial charge in [0.05, 0.1) is 12.1 Å². The minimum Gasteiger partial charge on any atom is -0.462 e. The Morgan fingerprint density at radius 2 is 2.10 bits per heavy atom. The number of fused-ring (bicyclic) bond motifs is 3. The molecule has 112 valence electrons. The third kappa shape index (κ3) is 2.10. The van der Waals surface area contributed by atoms with Crippen LogP contribution in [-0.2, 0) is 14.3 Å². The smallest absolute Gasteiger partial charge is 0.323 e. The molecule has 5 heteroatoms. The van der Waals surface area contributed by atoms with Crippen molar-refractivity contribution < 1.29 is 14.3 Å². The van der Waals surface area contributed by atoms with Gasteiger partial charge in [0.2, 0.25) is 0 Å². The number of thioether (sulfide) groups is 1. The summed E-state index contributed by atoms with van der Waals surface area (Å²) >= 11 is 1.87. The van der Waals surface area contributed by atoms with E-state index in [4.69, 9.17) is 9.47 Å². The highest BCUT2D eigenvalue weighted by atomic mass is 32.2. The van der Waals surface area contributed by atoms with E-state index in [0.717, 1.165) is 12.2 Å². The van der Waals surface area contributed by atoms with E-state index in [-0.39, 0.29) is 23.5 Å². The molecule has 3 aliphatic rings. The Bertz CT molecular complexity index is 538. The molecule has 0 saturated carbocycles. The van der Waals surface area contributed by atoms with Crippen LogP contribution in [0, 0.1) is 5.92 Å². The monoisotopic (exact) mass is 305 g/mol. The highest BCUT2D eigenvalue weighted by molar-refractivity contribution is 8.00. The molecule has 0 bridgehead atoms. The van der Waals surface area contributed by atoms with Gasteiger partial charge >= 0.3 is 5.97 Å². The van der Waals surface area contributed by atoms with Crippen LogP contribution in [0.4, 0.5) is 0 Å². The summed E-state index contributed by atoms with van der Waals surface area (Å²) in [6.45, 7) is 0.448. The van der Waals surface area contributed by atoms with E-state index in [2.05, 4.69) is 17.0 Å². The van der Waals surface area contributed by atoms with E-state index in [0.29, 0.717) is 18.6 Å². The lowest BCUT2D eigenvalue weighted by molar-refractivity contribution is -0.163. The first-order chi connectivity index (χ1) is 10.3. The highest BCUT2D eigenvalue weighted by Crippen LogP contribution is 2.49. The van der Waals surface area contributed by atoms with E-state index < -0.39 is 0 Å². The average molecular weight is 305 g/mol. The van der Waals surface area contributed by atoms with Crippen LogP contribution >= 0.6 is 11.8 Å². The van der Waals surface area contributed by atoms with Crippen molar-refractivity contribution in [1.29, 1.82) is 0 Å². The number of rotatable bonds is 2. The van der Waals surface area contributed by atoms with Crippen molar-refractivity contribution in [2.24, 2.45) is 5.92 Å². The molecule has 4 nitrogen and oxygen atoms in total. The fraction of sp³-hybridized carbons (Fsp3) is 0.562. The third-order valence-electron chi connectivity index (χ3n) is 4.90. The number of morpholine rings is 1. The summed E-state index contributed by atoms with van der Waals surface area (Å²) in [5, 5.41) is 0. The number of esters is 1. The quantitative estimate of drug-likeness (QED) is 0.782. The summed E-state index contributed by atoms with van der Waals surface area (Å²) in [6.07, 6.45) is 0.902. The number of carbonyl (C=O) groups excluding carboxylic acids is 1. The number of hydrogen-bond donors (Lipinski definition) is 0. The predicted octanol–water partition coefficient (Wildman–Crippen LogP) is 2.06. The molecule has 3 fully saturated rings. The average Bonchev–Trinajstić information content (AvgIpc) is 3.08. The van der Waals surface area contributed by atoms with Crippen LogP contribution in [0.1, 0.15) is 18.0 Å². The summed E-state index contributed by atoms with van der Waals surface area (Å²) < 4.78 is 11.1. The minimum absolute atomic E-state index is 0.0589. The molecule has 3 heterocycles. The van der Waals surface area contributed by atoms with Gasteiger partial charge in [0, 0.05) is 12.9 Å². The fourth-order valence-corrected chi connectivity index (χ4v) is 5.45. The molecule has 0 aliphatic carbocycles. The van der Waals surface area contributed by atoms with Gasteiger partial charge in [-0.25, -0.2) is 0 Å². The number of methoxy groups -OCH3 is 1. The SMILES string of the molecule is CO[C@H]1SC[C@@H]2C[C@H]3C(=O)OC[C@H](c4ccccc4)N3[C@@H]21. The molecule has 0 N–H and O–H groups in total. The van der Waals surface area contributed by atoms with Crippen LogP contribution in [0.25, 0.3) is 0 Å². The predicted molar refractivity (Wildman–Crippen MR) is 80.9 cm³/mol. The lowest BCUT2D eigenvalue weighted by Crippen LogP contribution is -2.52. The van der Waals surface area contributed by atoms with Gasteiger partial charge < -0.3 is 9.47 Å². The molecule has 0 spiro atoms. The largest absolute Gasteiger partial charge is 0.462 e. The summed E-state index contributed by atoms with van der Waals surface area (Å²) in [7, 11) is 1.77. The summed E-state index contributed by atoms with van der Waals surface area (Å²) in [5.41, 5.74) is 1.39. The minimum atomic E-state index is -0.0995. The molecule has 3 saturated heterocycles. The zero-order valence-corrected chi connectivity index (χ0v) is 12.8. The molecule has 1 aromatic carbocycles. The van der Waals surface area contributed by atoms with Crippen molar-refractivity contribution >= 4 is 17.7 Å². The van der Waals surface area contributed by atoms with Crippen LogP contribution in [0.3, 0.4) is 0 Å². The summed E-state index contributed by atoms with van der Waals surface area (Å²) in [4.78, 5) is 14.5. The Morgan fingerprint density at radius 1 is 1.29 bits per heavy atom. The van der Waals surface area contributed by atoms with E-state index >= 15 is 0 Å². The topological polar surface area (TPSA) is 38.8 Å². The van der Waals surface area contributed by atoms with Crippen molar-refractivity contribution in [1.82, 2.24) is 4.90 Å². The van der Waals surface area contributed by atoms with E-state index in [1.165, 1.54) is 5.56 Å². The molecule has 0 aromatic heterocycles. The zero-order valence-electron chi connectivity index (χ0n) is 12.0. The third-order valence-corrected chi connectivity index (χ3v) is 6.32. The summed E-state index contributed by atoms with van der Waals surface area (Å²) in [5.74, 6) is 1.54. The highest BCUT2D eigenvalue weighted by Gasteiger charge is 2.56. The normalized spacial score (nSPS) is 38.9. The lowest BCUT2D eigenvalue weighted by Gasteiger charge is -2.41. The summed E-state index contributed by atoms with van der Waals surface area (Å²) in [6, 6.07) is 10.7. The van der Waals surface area contributed by atoms with Crippen molar-refractivity contribution in [2.45, 2.75) is 30.0 Å². The van der Waals surface area contributed by atoms with Gasteiger partial charge in [-0.1, -0.05) is 30.3 Å². The molecular formula is C16H19NO3S. The first kappa shape index (κ1) is 13.6. The zero-order chi connectivity index (χ0) is 14.4. The number of nitrogens with zero attached hydrogens (tertiary/aromatic N) is 1. The van der Waals surface area contributed by atoms with E-state index in [9.17, 15) is 4.79 Å². The maximum Gasteiger partial charge on any atom is 0.323 e. The van der Waals surface area contributed by atoms with Crippen LogP contribution < -0.4 is 0 Å². The van der Waals surface area contributed by atoms with E-state index in [1.807, 2.05) is 30.0 Å². The molecule has 21 heavy (non-hydrogen) atoms. The second-order valence-electron chi connectivity index (χ2n) is 5.94. The standard InChI is InChI=1S/C16H19NO3S/c1-19-16-14-11(9-21-16)7-12-15(18)20-8-13(17(12)14)10-5-3-2-4-6-10/h2-6,11-14,16H,7-9H2,1H3/t11-,12-,13+,14-,16-/m0/s1. The van der Waals surface area contributed by atoms with Gasteiger partial charge in [-0.05, 0) is 17.9 Å². The number of benzene rings is 1. The van der Waals surface area contributed by atoms with Crippen molar-refractivity contribution in [3.05, 3.63) is 35.9 Å². The molecule has 3 aliphatic heterocycles. The van der Waals surface area contributed by atoms with Crippen LogP contribution in [0.15, 0.2) is 30.3 Å². The van der Waals surface area contributed by atoms with Crippen LogP contribution in [0.2, 0.25) is 0 Å². The first-order valence-corrected chi connectivity index (χ1v) is 8.48. The maximum absolute atomic E-state index is 12.2. The Balaban J connectivity index is 1.71. The van der Waals surface area contributed by atoms with Gasteiger partial charge in [0.1, 0.15) is 18.1 Å². The maximum atomic E-state index is 12.2. The Hall–Kier alpha value is -1.04. The van der Waals surface area contributed by atoms with E-state index in [1.54, 1.807) is 7.11 Å². The first-order valence-electron chi connectivity index (χ1n) is 7.43. The molecule has 0 amide bonds. The number of ether oxygens (including phenoxy) is 2. The van der Waals surface area contributed by atoms with Crippen LogP contribution in [-0.4, -0.2) is 47.9 Å².